The Morgan fingerprint density at radius 2 is 2.18 bits per heavy atom. The van der Waals surface area contributed by atoms with E-state index in [1.165, 1.54) is 18.9 Å². The van der Waals surface area contributed by atoms with Crippen LogP contribution in [-0.4, -0.2) is 41.0 Å². The number of hydrogen-bond acceptors (Lipinski definition) is 4. The summed E-state index contributed by atoms with van der Waals surface area (Å²) in [6, 6.07) is 9.10. The fraction of sp³-hybridized carbons (Fsp3) is 0.318. The van der Waals surface area contributed by atoms with Crippen LogP contribution < -0.4 is 4.74 Å². The van der Waals surface area contributed by atoms with Crippen molar-refractivity contribution < 1.29 is 9.53 Å². The van der Waals surface area contributed by atoms with Crippen LogP contribution in [0.25, 0.3) is 0 Å². The number of halogens is 1. The molecule has 0 atom stereocenters. The van der Waals surface area contributed by atoms with E-state index in [0.717, 1.165) is 12.0 Å². The molecule has 144 valence electrons. The van der Waals surface area contributed by atoms with Gasteiger partial charge in [-0.3, -0.25) is 4.79 Å². The molecule has 6 heteroatoms. The van der Waals surface area contributed by atoms with E-state index < -0.39 is 0 Å². The minimum Gasteiger partial charge on any atom is -0.481 e. The van der Waals surface area contributed by atoms with E-state index >= 15 is 0 Å². The third-order valence-corrected chi connectivity index (χ3v) is 4.95. The Hall–Kier alpha value is -2.84. The molecule has 5 nitrogen and oxygen atoms in total. The molecule has 0 spiro atoms. The topological polar surface area (TPSA) is 55.3 Å². The van der Waals surface area contributed by atoms with Gasteiger partial charge in [0.15, 0.2) is 0 Å². The van der Waals surface area contributed by atoms with E-state index in [2.05, 4.69) is 35.7 Å². The molecule has 2 aromatic rings. The second kappa shape index (κ2) is 8.45. The molecule has 0 N–H and O–H groups in total. The summed E-state index contributed by atoms with van der Waals surface area (Å²) in [6.07, 6.45) is 4.25. The number of nitrogens with zero attached hydrogens (tertiary/aromatic N) is 3. The molecular weight excluding hydrogens is 374 g/mol. The van der Waals surface area contributed by atoms with Crippen LogP contribution in [0.1, 0.15) is 36.5 Å². The lowest BCUT2D eigenvalue weighted by atomic mass is 9.78. The first-order valence-electron chi connectivity index (χ1n) is 9.02. The average Bonchev–Trinajstić information content (AvgIpc) is 2.68. The zero-order chi connectivity index (χ0) is 20.1. The number of hydrogen-bond donors (Lipinski definition) is 0. The predicted octanol–water partition coefficient (Wildman–Crippen LogP) is 3.99. The maximum atomic E-state index is 12.8. The van der Waals surface area contributed by atoms with E-state index in [0.29, 0.717) is 24.0 Å². The van der Waals surface area contributed by atoms with Gasteiger partial charge < -0.3 is 9.64 Å². The van der Waals surface area contributed by atoms with Gasteiger partial charge in [0, 0.05) is 41.4 Å². The Morgan fingerprint density at radius 3 is 2.89 bits per heavy atom. The fourth-order valence-corrected chi connectivity index (χ4v) is 3.36. The second-order valence-electron chi connectivity index (χ2n) is 7.23. The molecule has 0 radical (unpaired) electrons. The number of carbonyl (C=O) groups excluding carboxylic acids is 1. The number of benzene rings is 1. The van der Waals surface area contributed by atoms with Crippen molar-refractivity contribution in [3.05, 3.63) is 64.6 Å². The molecule has 28 heavy (non-hydrogen) atoms. The summed E-state index contributed by atoms with van der Waals surface area (Å²) < 4.78 is 5.08. The van der Waals surface area contributed by atoms with Crippen molar-refractivity contribution in [2.75, 3.05) is 20.2 Å². The minimum atomic E-state index is -0.185. The lowest BCUT2D eigenvalue weighted by molar-refractivity contribution is 0.0650. The van der Waals surface area contributed by atoms with Gasteiger partial charge in [0.1, 0.15) is 0 Å². The smallest absolute Gasteiger partial charge is 0.291 e. The molecule has 0 aliphatic carbocycles. The Bertz CT molecular complexity index is 973. The number of piperidine rings is 1. The molecule has 1 aliphatic heterocycles. The molecule has 1 saturated heterocycles. The zero-order valence-electron chi connectivity index (χ0n) is 16.2. The Balaban J connectivity index is 1.72. The molecular formula is C22H22ClN3O2. The van der Waals surface area contributed by atoms with Gasteiger partial charge in [0.05, 0.1) is 7.11 Å². The van der Waals surface area contributed by atoms with Gasteiger partial charge in [0.25, 0.3) is 5.91 Å². The highest BCUT2D eigenvalue weighted by Gasteiger charge is 2.34. The van der Waals surface area contributed by atoms with E-state index in [1.54, 1.807) is 11.0 Å². The Labute approximate surface area is 170 Å². The molecule has 1 aromatic heterocycles. The first-order chi connectivity index (χ1) is 13.4. The predicted molar refractivity (Wildman–Crippen MR) is 109 cm³/mol. The molecule has 1 fully saturated rings. The fourth-order valence-electron chi connectivity index (χ4n) is 3.17. The lowest BCUT2D eigenvalue weighted by Crippen LogP contribution is -2.45. The highest BCUT2D eigenvalue weighted by atomic mass is 35.5. The quantitative estimate of drug-likeness (QED) is 0.721. The number of methoxy groups -OCH3 is 1. The van der Waals surface area contributed by atoms with Crippen molar-refractivity contribution in [3.8, 4) is 17.7 Å². The Kier molecular flexibility index (Phi) is 6.01. The van der Waals surface area contributed by atoms with Crippen molar-refractivity contribution in [3.63, 3.8) is 0 Å². The summed E-state index contributed by atoms with van der Waals surface area (Å²) in [6.45, 7) is 5.42. The number of likely N-dealkylation sites (tertiary alicyclic amines) is 1. The van der Waals surface area contributed by atoms with Crippen LogP contribution in [-0.2, 0) is 0 Å². The van der Waals surface area contributed by atoms with Gasteiger partial charge >= 0.3 is 0 Å². The van der Waals surface area contributed by atoms with Gasteiger partial charge in [-0.2, -0.15) is 4.98 Å². The number of ether oxygens (including phenoxy) is 1. The molecule has 1 amide bonds. The molecule has 0 saturated carbocycles. The van der Waals surface area contributed by atoms with Crippen molar-refractivity contribution >= 4 is 17.5 Å². The van der Waals surface area contributed by atoms with Crippen molar-refractivity contribution in [2.24, 2.45) is 5.41 Å². The van der Waals surface area contributed by atoms with Gasteiger partial charge in [-0.15, -0.1) is 0 Å². The summed E-state index contributed by atoms with van der Waals surface area (Å²) in [5.41, 5.74) is 1.91. The van der Waals surface area contributed by atoms with Crippen molar-refractivity contribution in [1.29, 1.82) is 0 Å². The third kappa shape index (κ3) is 4.71. The highest BCUT2D eigenvalue weighted by molar-refractivity contribution is 6.30. The normalized spacial score (nSPS) is 17.0. The summed E-state index contributed by atoms with van der Waals surface area (Å²) in [5, 5.41) is 0.673. The van der Waals surface area contributed by atoms with E-state index in [4.69, 9.17) is 16.3 Å². The van der Waals surface area contributed by atoms with Crippen LogP contribution in [0.4, 0.5) is 0 Å². The van der Waals surface area contributed by atoms with E-state index in [1.807, 2.05) is 30.3 Å². The van der Waals surface area contributed by atoms with Crippen LogP contribution in [0.15, 0.2) is 48.2 Å². The van der Waals surface area contributed by atoms with Crippen LogP contribution in [0.5, 0.6) is 5.88 Å². The minimum absolute atomic E-state index is 0.156. The molecule has 0 bridgehead atoms. The molecule has 1 aromatic carbocycles. The Morgan fingerprint density at radius 1 is 1.36 bits per heavy atom. The lowest BCUT2D eigenvalue weighted by Gasteiger charge is -2.39. The average molecular weight is 396 g/mol. The maximum Gasteiger partial charge on any atom is 0.291 e. The van der Waals surface area contributed by atoms with Gasteiger partial charge in [-0.05, 0) is 30.7 Å². The summed E-state index contributed by atoms with van der Waals surface area (Å²) in [5.74, 6) is 6.60. The van der Waals surface area contributed by atoms with Crippen LogP contribution >= 0.6 is 11.6 Å². The molecule has 2 heterocycles. The zero-order valence-corrected chi connectivity index (χ0v) is 17.0. The summed E-state index contributed by atoms with van der Waals surface area (Å²) in [4.78, 5) is 22.8. The second-order valence-corrected chi connectivity index (χ2v) is 7.67. The number of carbonyl (C=O) groups is 1. The number of rotatable bonds is 2. The summed E-state index contributed by atoms with van der Waals surface area (Å²) in [7, 11) is 1.52. The molecule has 1 aliphatic rings. The largest absolute Gasteiger partial charge is 0.481 e. The van der Waals surface area contributed by atoms with Gasteiger partial charge in [-0.1, -0.05) is 48.9 Å². The molecule has 3 rings (SSSR count). The first-order valence-corrected chi connectivity index (χ1v) is 9.40. The third-order valence-electron chi connectivity index (χ3n) is 4.71. The van der Waals surface area contributed by atoms with Crippen molar-refractivity contribution in [2.45, 2.75) is 20.3 Å². The number of aromatic nitrogens is 2. The van der Waals surface area contributed by atoms with Crippen LogP contribution in [0.3, 0.4) is 0 Å². The van der Waals surface area contributed by atoms with Gasteiger partial charge in [-0.25, -0.2) is 4.98 Å². The maximum absolute atomic E-state index is 12.8. The monoisotopic (exact) mass is 395 g/mol. The number of amides is 1. The van der Waals surface area contributed by atoms with Crippen LogP contribution in [0, 0.1) is 17.3 Å². The van der Waals surface area contributed by atoms with Crippen molar-refractivity contribution in [1.82, 2.24) is 14.9 Å². The SMILES string of the molecule is COc1ccnc(C(=O)N2CC/C(=C\C#Cc3cccc(Cl)c3)C(C)(C)C2)n1. The van der Waals surface area contributed by atoms with Crippen LogP contribution in [0.2, 0.25) is 5.02 Å². The first kappa shape index (κ1) is 19.9. The van der Waals surface area contributed by atoms with E-state index in [9.17, 15) is 4.79 Å². The standard InChI is InChI=1S/C22H22ClN3O2/c1-22(2)15-26(21(27)20-24-12-10-19(25-20)28-3)13-11-17(22)8-4-6-16-7-5-9-18(23)14-16/h5,7-10,12,14H,11,13,15H2,1-3H3/b17-8+. The van der Waals surface area contributed by atoms with E-state index in [-0.39, 0.29) is 17.1 Å². The number of allylic oxidation sites excluding steroid dienone is 1. The van der Waals surface area contributed by atoms with Gasteiger partial charge in [0.2, 0.25) is 11.7 Å². The highest BCUT2D eigenvalue weighted by Crippen LogP contribution is 2.34. The summed E-state index contributed by atoms with van der Waals surface area (Å²) >= 11 is 5.99. The molecule has 0 unspecified atom stereocenters.